The lowest BCUT2D eigenvalue weighted by atomic mass is 9.93. The van der Waals surface area contributed by atoms with Crippen LogP contribution in [0.25, 0.3) is 0 Å². The van der Waals surface area contributed by atoms with E-state index in [1.807, 2.05) is 0 Å². The zero-order chi connectivity index (χ0) is 22.6. The zero-order valence-electron chi connectivity index (χ0n) is 21.4. The van der Waals surface area contributed by atoms with Gasteiger partial charge >= 0.3 is 0 Å². The van der Waals surface area contributed by atoms with Crippen LogP contribution in [0.5, 0.6) is 0 Å². The molecule has 0 aromatic heterocycles. The summed E-state index contributed by atoms with van der Waals surface area (Å²) in [4.78, 5) is 10.9. The van der Waals surface area contributed by atoms with E-state index in [1.54, 1.807) is 6.92 Å². The summed E-state index contributed by atoms with van der Waals surface area (Å²) in [6.45, 7) is 15.8. The van der Waals surface area contributed by atoms with Crippen LogP contribution in [0.1, 0.15) is 125 Å². The highest BCUT2D eigenvalue weighted by atomic mass is 28.4. The summed E-state index contributed by atoms with van der Waals surface area (Å²) in [6.07, 6.45) is 18.3. The van der Waals surface area contributed by atoms with Gasteiger partial charge in [0, 0.05) is 18.5 Å². The van der Waals surface area contributed by atoms with Crippen LogP contribution in [0, 0.1) is 0 Å². The van der Waals surface area contributed by atoms with Crippen LogP contribution in [0.15, 0.2) is 0 Å². The number of Topliss-reactive ketones (excluding diaryl/α,β-unsaturated/α-hetero) is 1. The number of nitrogens with one attached hydrogen (secondary N) is 1. The molecule has 0 spiro atoms. The molecule has 0 saturated carbocycles. The largest absolute Gasteiger partial charge is 0.412 e. The molecule has 0 bridgehead atoms. The Labute approximate surface area is 189 Å². The van der Waals surface area contributed by atoms with Gasteiger partial charge in [-0.05, 0) is 57.7 Å². The second kappa shape index (κ2) is 14.1. The molecular formula is C26H53NO2Si. The third kappa shape index (κ3) is 11.4. The Balaban J connectivity index is 2.02. The summed E-state index contributed by atoms with van der Waals surface area (Å²) < 4.78 is 6.69. The van der Waals surface area contributed by atoms with E-state index in [4.69, 9.17) is 4.43 Å². The van der Waals surface area contributed by atoms with Gasteiger partial charge < -0.3 is 14.5 Å². The van der Waals surface area contributed by atoms with Gasteiger partial charge in [0.25, 0.3) is 0 Å². The molecule has 1 aliphatic rings. The summed E-state index contributed by atoms with van der Waals surface area (Å²) >= 11 is 0. The molecule has 1 aliphatic heterocycles. The van der Waals surface area contributed by atoms with Crippen molar-refractivity contribution in [1.29, 1.82) is 0 Å². The highest BCUT2D eigenvalue weighted by molar-refractivity contribution is 6.74. The maximum Gasteiger partial charge on any atom is 0.192 e. The molecule has 178 valence electrons. The highest BCUT2D eigenvalue weighted by Crippen LogP contribution is 2.38. The Morgan fingerprint density at radius 3 is 1.87 bits per heavy atom. The molecule has 0 aromatic carbocycles. The minimum Gasteiger partial charge on any atom is -0.412 e. The number of carbonyl (C=O) groups excluding carboxylic acids is 1. The Hall–Kier alpha value is -0.193. The molecule has 1 saturated heterocycles. The monoisotopic (exact) mass is 439 g/mol. The Bertz CT molecular complexity index is 472. The van der Waals surface area contributed by atoms with E-state index in [9.17, 15) is 4.79 Å². The normalized spacial score (nSPS) is 23.0. The molecule has 3 unspecified atom stereocenters. The van der Waals surface area contributed by atoms with Crippen LogP contribution in [0.4, 0.5) is 0 Å². The first-order chi connectivity index (χ1) is 14.0. The second-order valence-electron chi connectivity index (χ2n) is 11.4. The average Bonchev–Trinajstić information content (AvgIpc) is 2.63. The van der Waals surface area contributed by atoms with Gasteiger partial charge in [-0.3, -0.25) is 0 Å². The minimum atomic E-state index is -1.67. The topological polar surface area (TPSA) is 38.3 Å². The molecule has 0 aromatic rings. The summed E-state index contributed by atoms with van der Waals surface area (Å²) in [5.41, 5.74) is 0. The van der Waals surface area contributed by atoms with Crippen molar-refractivity contribution >= 4 is 14.1 Å². The first-order valence-electron chi connectivity index (χ1n) is 13.0. The van der Waals surface area contributed by atoms with Crippen LogP contribution in [-0.2, 0) is 9.22 Å². The minimum absolute atomic E-state index is 0.291. The van der Waals surface area contributed by atoms with E-state index in [-0.39, 0.29) is 0 Å². The van der Waals surface area contributed by atoms with E-state index in [0.717, 1.165) is 12.8 Å². The smallest absolute Gasteiger partial charge is 0.192 e. The zero-order valence-corrected chi connectivity index (χ0v) is 22.4. The van der Waals surface area contributed by atoms with Crippen LogP contribution >= 0.6 is 0 Å². The SMILES string of the molecule is CC(=O)CCCCCCCCCCCCC1CCC(O[Si](C)(C)C(C)(C)C)C(C)N1. The second-order valence-corrected chi connectivity index (χ2v) is 16.2. The summed E-state index contributed by atoms with van der Waals surface area (Å²) in [6, 6.07) is 1.17. The van der Waals surface area contributed by atoms with Crippen LogP contribution in [0.2, 0.25) is 18.1 Å². The van der Waals surface area contributed by atoms with Crippen molar-refractivity contribution < 1.29 is 9.22 Å². The Morgan fingerprint density at radius 2 is 1.40 bits per heavy atom. The molecule has 0 aliphatic carbocycles. The van der Waals surface area contributed by atoms with E-state index in [1.165, 1.54) is 77.0 Å². The number of piperidine rings is 1. The van der Waals surface area contributed by atoms with E-state index < -0.39 is 8.32 Å². The average molecular weight is 440 g/mol. The van der Waals surface area contributed by atoms with E-state index >= 15 is 0 Å². The fourth-order valence-corrected chi connectivity index (χ4v) is 5.73. The van der Waals surface area contributed by atoms with Crippen molar-refractivity contribution in [3.05, 3.63) is 0 Å². The van der Waals surface area contributed by atoms with Crippen LogP contribution in [-0.4, -0.2) is 32.3 Å². The molecule has 4 heteroatoms. The fraction of sp³-hybridized carbons (Fsp3) is 0.962. The molecule has 1 fully saturated rings. The third-order valence-corrected chi connectivity index (χ3v) is 11.9. The molecule has 30 heavy (non-hydrogen) atoms. The number of carbonyl (C=O) groups is 1. The maximum absolute atomic E-state index is 10.9. The van der Waals surface area contributed by atoms with Gasteiger partial charge in [0.2, 0.25) is 0 Å². The maximum atomic E-state index is 10.9. The van der Waals surface area contributed by atoms with Gasteiger partial charge in [0.05, 0.1) is 6.10 Å². The van der Waals surface area contributed by atoms with Crippen molar-refractivity contribution in [3.63, 3.8) is 0 Å². The Morgan fingerprint density at radius 1 is 0.900 bits per heavy atom. The summed E-state index contributed by atoms with van der Waals surface area (Å²) in [5.74, 6) is 0.340. The molecule has 3 nitrogen and oxygen atoms in total. The summed E-state index contributed by atoms with van der Waals surface area (Å²) in [7, 11) is -1.67. The molecular weight excluding hydrogens is 386 g/mol. The number of unbranched alkanes of at least 4 members (excludes halogenated alkanes) is 9. The van der Waals surface area contributed by atoms with Crippen LogP contribution < -0.4 is 5.32 Å². The first kappa shape index (κ1) is 27.8. The van der Waals surface area contributed by atoms with Crippen molar-refractivity contribution in [1.82, 2.24) is 5.32 Å². The molecule has 0 radical (unpaired) electrons. The lowest BCUT2D eigenvalue weighted by Crippen LogP contribution is -2.54. The molecule has 1 rings (SSSR count). The van der Waals surface area contributed by atoms with Crippen molar-refractivity contribution in [2.75, 3.05) is 0 Å². The molecule has 1 heterocycles. The van der Waals surface area contributed by atoms with Crippen LogP contribution in [0.3, 0.4) is 0 Å². The summed E-state index contributed by atoms with van der Waals surface area (Å²) in [5, 5.41) is 4.15. The van der Waals surface area contributed by atoms with Gasteiger partial charge in [0.1, 0.15) is 5.78 Å². The number of hydrogen-bond acceptors (Lipinski definition) is 3. The van der Waals surface area contributed by atoms with Gasteiger partial charge in [-0.2, -0.15) is 0 Å². The van der Waals surface area contributed by atoms with Crippen molar-refractivity contribution in [2.45, 2.75) is 161 Å². The number of hydrogen-bond donors (Lipinski definition) is 1. The van der Waals surface area contributed by atoms with Crippen molar-refractivity contribution in [3.8, 4) is 0 Å². The van der Waals surface area contributed by atoms with Crippen molar-refractivity contribution in [2.24, 2.45) is 0 Å². The standard InChI is InChI=1S/C26H53NO2Si/c1-22(28)18-16-14-12-10-8-9-11-13-15-17-19-24-20-21-25(23(2)27-24)29-30(6,7)26(3,4)5/h23-25,27H,8-21H2,1-7H3. The Kier molecular flexibility index (Phi) is 13.0. The number of rotatable bonds is 15. The number of ketones is 1. The lowest BCUT2D eigenvalue weighted by Gasteiger charge is -2.44. The van der Waals surface area contributed by atoms with E-state index in [2.05, 4.69) is 46.1 Å². The highest BCUT2D eigenvalue weighted by Gasteiger charge is 2.41. The molecule has 1 N–H and O–H groups in total. The van der Waals surface area contributed by atoms with E-state index in [0.29, 0.717) is 29.0 Å². The first-order valence-corrected chi connectivity index (χ1v) is 15.9. The third-order valence-electron chi connectivity index (χ3n) is 7.44. The van der Waals surface area contributed by atoms with Gasteiger partial charge in [-0.1, -0.05) is 78.6 Å². The predicted octanol–water partition coefficient (Wildman–Crippen LogP) is 7.79. The predicted molar refractivity (Wildman–Crippen MR) is 134 cm³/mol. The quantitative estimate of drug-likeness (QED) is 0.209. The lowest BCUT2D eigenvalue weighted by molar-refractivity contribution is -0.117. The van der Waals surface area contributed by atoms with Gasteiger partial charge in [-0.25, -0.2) is 0 Å². The molecule has 0 amide bonds. The fourth-order valence-electron chi connectivity index (χ4n) is 4.30. The molecule has 3 atom stereocenters. The van der Waals surface area contributed by atoms with Gasteiger partial charge in [0.15, 0.2) is 8.32 Å². The van der Waals surface area contributed by atoms with Gasteiger partial charge in [-0.15, -0.1) is 0 Å².